The molecule has 1 aromatic heterocycles. The number of rotatable bonds is 5. The van der Waals surface area contributed by atoms with E-state index in [1.807, 2.05) is 31.2 Å². The largest absolute Gasteiger partial charge is 0.464 e. The van der Waals surface area contributed by atoms with Gasteiger partial charge in [0.15, 0.2) is 0 Å². The van der Waals surface area contributed by atoms with Crippen molar-refractivity contribution in [2.75, 3.05) is 6.61 Å². The minimum atomic E-state index is -0.499. The van der Waals surface area contributed by atoms with Gasteiger partial charge in [-0.1, -0.05) is 19.1 Å². The van der Waals surface area contributed by atoms with Crippen molar-refractivity contribution in [1.82, 2.24) is 9.55 Å². The van der Waals surface area contributed by atoms with Crippen LogP contribution >= 0.6 is 0 Å². The van der Waals surface area contributed by atoms with Gasteiger partial charge in [0.25, 0.3) is 0 Å². The van der Waals surface area contributed by atoms with E-state index in [2.05, 4.69) is 4.98 Å². The van der Waals surface area contributed by atoms with Crippen molar-refractivity contribution in [3.63, 3.8) is 0 Å². The highest BCUT2D eigenvalue weighted by Gasteiger charge is 2.21. The SMILES string of the molecule is CCCOC(=O)C(C)n1c(CO)nc2ccccc21. The van der Waals surface area contributed by atoms with Gasteiger partial charge in [0, 0.05) is 0 Å². The molecule has 19 heavy (non-hydrogen) atoms. The standard InChI is InChI=1S/C14H18N2O3/c1-3-8-19-14(18)10(2)16-12-7-5-4-6-11(12)15-13(16)9-17/h4-7,10,17H,3,8-9H2,1-2H3. The Labute approximate surface area is 111 Å². The Balaban J connectivity index is 2.39. The number of esters is 1. The molecule has 1 atom stereocenters. The van der Waals surface area contributed by atoms with Gasteiger partial charge in [-0.3, -0.25) is 0 Å². The summed E-state index contributed by atoms with van der Waals surface area (Å²) in [6, 6.07) is 6.99. The van der Waals surface area contributed by atoms with Crippen LogP contribution in [0, 0.1) is 0 Å². The lowest BCUT2D eigenvalue weighted by molar-refractivity contribution is -0.147. The number of carbonyl (C=O) groups excluding carboxylic acids is 1. The van der Waals surface area contributed by atoms with Crippen LogP contribution < -0.4 is 0 Å². The molecule has 0 aliphatic carbocycles. The summed E-state index contributed by atoms with van der Waals surface area (Å²) in [4.78, 5) is 16.3. The van der Waals surface area contributed by atoms with Crippen molar-refractivity contribution in [3.8, 4) is 0 Å². The number of fused-ring (bicyclic) bond motifs is 1. The summed E-state index contributed by atoms with van der Waals surface area (Å²) in [7, 11) is 0. The number of aromatic nitrogens is 2. The Morgan fingerprint density at radius 2 is 2.21 bits per heavy atom. The highest BCUT2D eigenvalue weighted by molar-refractivity contribution is 5.81. The molecule has 102 valence electrons. The lowest BCUT2D eigenvalue weighted by Gasteiger charge is -2.15. The van der Waals surface area contributed by atoms with Gasteiger partial charge in [-0.2, -0.15) is 0 Å². The number of nitrogens with zero attached hydrogens (tertiary/aromatic N) is 2. The number of benzene rings is 1. The number of aliphatic hydroxyl groups is 1. The molecule has 5 nitrogen and oxygen atoms in total. The molecule has 2 rings (SSSR count). The lowest BCUT2D eigenvalue weighted by Crippen LogP contribution is -2.21. The first kappa shape index (κ1) is 13.5. The number of ether oxygens (including phenoxy) is 1. The van der Waals surface area contributed by atoms with Gasteiger partial charge in [-0.05, 0) is 25.5 Å². The summed E-state index contributed by atoms with van der Waals surface area (Å²) < 4.78 is 6.89. The summed E-state index contributed by atoms with van der Waals surface area (Å²) >= 11 is 0. The molecule has 0 aliphatic heterocycles. The van der Waals surface area contributed by atoms with Gasteiger partial charge in [-0.25, -0.2) is 9.78 Å². The number of hydrogen-bond acceptors (Lipinski definition) is 4. The molecule has 0 radical (unpaired) electrons. The molecular weight excluding hydrogens is 244 g/mol. The summed E-state index contributed by atoms with van der Waals surface area (Å²) in [6.45, 7) is 3.90. The Morgan fingerprint density at radius 3 is 2.89 bits per heavy atom. The molecule has 1 unspecified atom stereocenters. The maximum atomic E-state index is 12.0. The number of hydrogen-bond donors (Lipinski definition) is 1. The van der Waals surface area contributed by atoms with Crippen molar-refractivity contribution in [1.29, 1.82) is 0 Å². The molecule has 0 bridgehead atoms. The Hall–Kier alpha value is -1.88. The van der Waals surface area contributed by atoms with Crippen molar-refractivity contribution < 1.29 is 14.6 Å². The maximum absolute atomic E-state index is 12.0. The summed E-state index contributed by atoms with van der Waals surface area (Å²) in [5.41, 5.74) is 1.59. The second-order valence-corrected chi connectivity index (χ2v) is 4.39. The minimum absolute atomic E-state index is 0.208. The van der Waals surface area contributed by atoms with Gasteiger partial charge in [-0.15, -0.1) is 0 Å². The molecule has 0 fully saturated rings. The molecular formula is C14H18N2O3. The molecule has 0 saturated heterocycles. The Morgan fingerprint density at radius 1 is 1.47 bits per heavy atom. The van der Waals surface area contributed by atoms with E-state index in [0.717, 1.165) is 17.5 Å². The van der Waals surface area contributed by atoms with Crippen LogP contribution in [0.1, 0.15) is 32.1 Å². The van der Waals surface area contributed by atoms with E-state index in [1.165, 1.54) is 0 Å². The molecule has 0 aliphatic rings. The highest BCUT2D eigenvalue weighted by Crippen LogP contribution is 2.22. The average Bonchev–Trinajstić information content (AvgIpc) is 2.82. The third kappa shape index (κ3) is 2.61. The van der Waals surface area contributed by atoms with Crippen LogP contribution in [0.3, 0.4) is 0 Å². The predicted molar refractivity (Wildman–Crippen MR) is 71.6 cm³/mol. The van der Waals surface area contributed by atoms with Gasteiger partial charge in [0.05, 0.1) is 17.6 Å². The third-order valence-corrected chi connectivity index (χ3v) is 2.99. The van der Waals surface area contributed by atoms with E-state index in [1.54, 1.807) is 11.5 Å². The van der Waals surface area contributed by atoms with Crippen LogP contribution in [-0.2, 0) is 16.1 Å². The zero-order chi connectivity index (χ0) is 13.8. The van der Waals surface area contributed by atoms with Gasteiger partial charge in [0.1, 0.15) is 18.5 Å². The number of aliphatic hydroxyl groups excluding tert-OH is 1. The van der Waals surface area contributed by atoms with Crippen molar-refractivity contribution >= 4 is 17.0 Å². The van der Waals surface area contributed by atoms with Gasteiger partial charge >= 0.3 is 5.97 Å². The second-order valence-electron chi connectivity index (χ2n) is 4.39. The topological polar surface area (TPSA) is 64.3 Å². The van der Waals surface area contributed by atoms with Crippen molar-refractivity contribution in [2.45, 2.75) is 32.9 Å². The van der Waals surface area contributed by atoms with E-state index in [4.69, 9.17) is 4.74 Å². The summed E-state index contributed by atoms with van der Waals surface area (Å²) in [5.74, 6) is 0.168. The molecule has 1 N–H and O–H groups in total. The normalized spacial score (nSPS) is 12.6. The summed E-state index contributed by atoms with van der Waals surface area (Å²) in [6.07, 6.45) is 0.788. The van der Waals surface area contributed by atoms with Crippen molar-refractivity contribution in [3.05, 3.63) is 30.1 Å². The number of para-hydroxylation sites is 2. The fraction of sp³-hybridized carbons (Fsp3) is 0.429. The first-order chi connectivity index (χ1) is 9.19. The average molecular weight is 262 g/mol. The smallest absolute Gasteiger partial charge is 0.328 e. The van der Waals surface area contributed by atoms with E-state index in [9.17, 15) is 9.90 Å². The van der Waals surface area contributed by atoms with Crippen LogP contribution in [-0.4, -0.2) is 27.2 Å². The third-order valence-electron chi connectivity index (χ3n) is 2.99. The van der Waals surface area contributed by atoms with E-state index >= 15 is 0 Å². The quantitative estimate of drug-likeness (QED) is 0.837. The first-order valence-corrected chi connectivity index (χ1v) is 6.42. The van der Waals surface area contributed by atoms with Crippen LogP contribution in [0.15, 0.2) is 24.3 Å². The molecule has 2 aromatic rings. The molecule has 1 heterocycles. The zero-order valence-electron chi connectivity index (χ0n) is 11.2. The van der Waals surface area contributed by atoms with Gasteiger partial charge in [0.2, 0.25) is 0 Å². The zero-order valence-corrected chi connectivity index (χ0v) is 11.2. The summed E-state index contributed by atoms with van der Waals surface area (Å²) in [5, 5.41) is 9.39. The molecule has 5 heteroatoms. The van der Waals surface area contributed by atoms with E-state index in [-0.39, 0.29) is 12.6 Å². The molecule has 0 saturated carbocycles. The fourth-order valence-electron chi connectivity index (χ4n) is 2.07. The Kier molecular flexibility index (Phi) is 4.16. The molecule has 0 amide bonds. The second kappa shape index (κ2) is 5.84. The first-order valence-electron chi connectivity index (χ1n) is 6.42. The maximum Gasteiger partial charge on any atom is 0.328 e. The van der Waals surface area contributed by atoms with Gasteiger partial charge < -0.3 is 14.4 Å². The lowest BCUT2D eigenvalue weighted by atomic mass is 10.2. The number of carbonyl (C=O) groups is 1. The van der Waals surface area contributed by atoms with Crippen LogP contribution in [0.5, 0.6) is 0 Å². The monoisotopic (exact) mass is 262 g/mol. The van der Waals surface area contributed by atoms with Crippen molar-refractivity contribution in [2.24, 2.45) is 0 Å². The molecule has 0 spiro atoms. The van der Waals surface area contributed by atoms with Crippen LogP contribution in [0.2, 0.25) is 0 Å². The Bertz CT molecular complexity index is 577. The fourth-order valence-corrected chi connectivity index (χ4v) is 2.07. The van der Waals surface area contributed by atoms with E-state index < -0.39 is 6.04 Å². The predicted octanol–water partition coefficient (Wildman–Crippen LogP) is 2.04. The van der Waals surface area contributed by atoms with E-state index in [0.29, 0.717) is 12.4 Å². The number of imidazole rings is 1. The van der Waals surface area contributed by atoms with Crippen LogP contribution in [0.25, 0.3) is 11.0 Å². The minimum Gasteiger partial charge on any atom is -0.464 e. The highest BCUT2D eigenvalue weighted by atomic mass is 16.5. The van der Waals surface area contributed by atoms with Crippen LogP contribution in [0.4, 0.5) is 0 Å². The molecule has 1 aromatic carbocycles.